The van der Waals surface area contributed by atoms with Gasteiger partial charge in [-0.2, -0.15) is 0 Å². The fraction of sp³-hybridized carbons (Fsp3) is 0.250. The van der Waals surface area contributed by atoms with Crippen LogP contribution in [-0.2, 0) is 4.74 Å². The van der Waals surface area contributed by atoms with Crippen LogP contribution in [0.3, 0.4) is 0 Å². The summed E-state index contributed by atoms with van der Waals surface area (Å²) >= 11 is 3.74. The predicted octanol–water partition coefficient (Wildman–Crippen LogP) is 2.77. The van der Waals surface area contributed by atoms with E-state index in [1.54, 1.807) is 18.3 Å². The second kappa shape index (κ2) is 6.68. The van der Waals surface area contributed by atoms with Crippen LogP contribution in [0.5, 0.6) is 0 Å². The Kier molecular flexibility index (Phi) is 4.56. The van der Waals surface area contributed by atoms with Gasteiger partial charge in [-0.15, -0.1) is 0 Å². The first kappa shape index (κ1) is 16.4. The molecule has 24 heavy (non-hydrogen) atoms. The average molecular weight is 581 g/mol. The van der Waals surface area contributed by atoms with Crippen molar-refractivity contribution in [2.75, 3.05) is 31.2 Å². The number of rotatable bonds is 2. The second-order valence-electron chi connectivity index (χ2n) is 5.58. The number of morpholine rings is 1. The Bertz CT molecular complexity index is 910. The molecule has 1 saturated heterocycles. The van der Waals surface area contributed by atoms with Crippen molar-refractivity contribution < 1.29 is 9.13 Å². The van der Waals surface area contributed by atoms with Gasteiger partial charge in [0.1, 0.15) is 0 Å². The summed E-state index contributed by atoms with van der Waals surface area (Å²) < 4.78 is 21.6. The predicted molar refractivity (Wildman–Crippen MR) is 94.8 cm³/mol. The van der Waals surface area contributed by atoms with Gasteiger partial charge in [-0.05, 0) is 0 Å². The third kappa shape index (κ3) is 2.97. The molecule has 0 N–H and O–H groups in total. The van der Waals surface area contributed by atoms with E-state index >= 15 is 0 Å². The van der Waals surface area contributed by atoms with Crippen LogP contribution in [0, 0.1) is 5.82 Å². The fourth-order valence-corrected chi connectivity index (χ4v) is 4.50. The summed E-state index contributed by atoms with van der Waals surface area (Å²) in [7, 11) is 0. The molecule has 120 valence electrons. The van der Waals surface area contributed by atoms with Gasteiger partial charge in [-0.1, -0.05) is 0 Å². The van der Waals surface area contributed by atoms with Gasteiger partial charge in [0.25, 0.3) is 0 Å². The molecule has 1 aromatic carbocycles. The van der Waals surface area contributed by atoms with Gasteiger partial charge in [-0.3, -0.25) is 0 Å². The summed E-state index contributed by atoms with van der Waals surface area (Å²) in [5.74, 6) is 0.662. The number of pyridine rings is 1. The maximum atomic E-state index is 13.8. The fourth-order valence-electron chi connectivity index (χ4n) is 2.88. The van der Waals surface area contributed by atoms with E-state index in [1.807, 2.05) is 8.56 Å². The number of fused-ring (bicyclic) bond motifs is 1. The number of nitrogens with zero attached hydrogens (tertiary/aromatic N) is 4. The SMILES string of the molecule is Fc1cc2c(cc1Br)c(-c1ccnc(N3CCOCC3)c1)n[n]2[Tl]. The maximum absolute atomic E-state index is 13.8. The Hall–Kier alpha value is -1.07. The quantitative estimate of drug-likeness (QED) is 0.438. The van der Waals surface area contributed by atoms with Gasteiger partial charge in [0.15, 0.2) is 0 Å². The molecule has 8 heteroatoms. The summed E-state index contributed by atoms with van der Waals surface area (Å²) in [6, 6.07) is 7.35. The molecule has 0 radical (unpaired) electrons. The van der Waals surface area contributed by atoms with Gasteiger partial charge in [-0.25, -0.2) is 0 Å². The van der Waals surface area contributed by atoms with Crippen molar-refractivity contribution in [3.05, 3.63) is 40.8 Å². The number of hydrogen-bond acceptors (Lipinski definition) is 4. The van der Waals surface area contributed by atoms with E-state index in [-0.39, 0.29) is 5.82 Å². The molecule has 0 atom stereocenters. The van der Waals surface area contributed by atoms with Crippen molar-refractivity contribution in [1.29, 1.82) is 0 Å². The molecule has 0 amide bonds. The van der Waals surface area contributed by atoms with Crippen molar-refractivity contribution in [2.45, 2.75) is 0 Å². The Balaban J connectivity index is 1.81. The Morgan fingerprint density at radius 2 is 2.00 bits per heavy atom. The van der Waals surface area contributed by atoms with Crippen LogP contribution in [0.4, 0.5) is 10.2 Å². The third-order valence-electron chi connectivity index (χ3n) is 4.10. The molecular weight excluding hydrogens is 567 g/mol. The summed E-state index contributed by atoms with van der Waals surface area (Å²) in [5.41, 5.74) is 2.69. The third-order valence-corrected chi connectivity index (χ3v) is 6.24. The molecule has 2 aromatic heterocycles. The van der Waals surface area contributed by atoms with Crippen LogP contribution >= 0.6 is 15.9 Å². The number of aromatic nitrogens is 3. The van der Waals surface area contributed by atoms with Crippen LogP contribution in [0.1, 0.15) is 0 Å². The topological polar surface area (TPSA) is 43.2 Å². The normalized spacial score (nSPS) is 15.1. The molecule has 4 rings (SSSR count). The Morgan fingerprint density at radius 3 is 2.79 bits per heavy atom. The van der Waals surface area contributed by atoms with Crippen LogP contribution in [-0.4, -0.2) is 64.9 Å². The standard InChI is InChI=1S/C16H13BrFN4O.Tl/c17-12-8-11-14(9-13(12)18)20-21-16(11)10-1-2-19-15(7-10)22-3-5-23-6-4-22;/h1-2,7-9H,3-6H2;/q-1;+1. The number of anilines is 1. The summed E-state index contributed by atoms with van der Waals surface area (Å²) in [6.07, 6.45) is 1.80. The molecule has 5 nitrogen and oxygen atoms in total. The molecule has 0 saturated carbocycles. The van der Waals surface area contributed by atoms with Crippen LogP contribution in [0.25, 0.3) is 22.2 Å². The molecule has 3 heterocycles. The van der Waals surface area contributed by atoms with Crippen molar-refractivity contribution in [1.82, 2.24) is 12.6 Å². The van der Waals surface area contributed by atoms with Crippen LogP contribution in [0.15, 0.2) is 34.9 Å². The van der Waals surface area contributed by atoms with Crippen LogP contribution < -0.4 is 4.90 Å². The zero-order valence-corrected chi connectivity index (χ0v) is 18.8. The van der Waals surface area contributed by atoms with E-state index in [0.29, 0.717) is 30.5 Å². The summed E-state index contributed by atoms with van der Waals surface area (Å²) in [5, 5.41) is 5.61. The molecule has 0 spiro atoms. The molecule has 1 aliphatic heterocycles. The monoisotopic (exact) mass is 580 g/mol. The molecule has 0 bridgehead atoms. The van der Waals surface area contributed by atoms with E-state index < -0.39 is 0 Å². The van der Waals surface area contributed by atoms with Crippen LogP contribution in [0.2, 0.25) is 0 Å². The zero-order valence-electron chi connectivity index (χ0n) is 12.7. The summed E-state index contributed by atoms with van der Waals surface area (Å²) in [4.78, 5) is 6.70. The zero-order chi connectivity index (χ0) is 16.7. The number of hydrogen-bond donors (Lipinski definition) is 0. The summed E-state index contributed by atoms with van der Waals surface area (Å²) in [6.45, 7) is 3.11. The van der Waals surface area contributed by atoms with Crippen molar-refractivity contribution in [2.24, 2.45) is 0 Å². The van der Waals surface area contributed by atoms with Gasteiger partial charge in [0, 0.05) is 0 Å². The van der Waals surface area contributed by atoms with Gasteiger partial charge in [0.2, 0.25) is 0 Å². The molecular formula is C16H13BrFN4OTl. The van der Waals surface area contributed by atoms with Gasteiger partial charge in [0.05, 0.1) is 0 Å². The number of halogens is 2. The molecule has 0 unspecified atom stereocenters. The van der Waals surface area contributed by atoms with Crippen molar-refractivity contribution >= 4 is 58.7 Å². The molecule has 3 aromatic rings. The Morgan fingerprint density at radius 1 is 1.21 bits per heavy atom. The molecule has 1 fully saturated rings. The van der Waals surface area contributed by atoms with E-state index in [1.165, 1.54) is 0 Å². The Labute approximate surface area is 163 Å². The van der Waals surface area contributed by atoms with E-state index in [0.717, 1.165) is 54.3 Å². The van der Waals surface area contributed by atoms with E-state index in [9.17, 15) is 4.39 Å². The average Bonchev–Trinajstić information content (AvgIpc) is 2.92. The first-order valence-electron chi connectivity index (χ1n) is 7.55. The van der Waals surface area contributed by atoms with Crippen molar-refractivity contribution in [3.8, 4) is 11.3 Å². The first-order valence-corrected chi connectivity index (χ1v) is 10.4. The van der Waals surface area contributed by atoms with E-state index in [2.05, 4.69) is 37.0 Å². The minimum absolute atomic E-state index is 0.264. The van der Waals surface area contributed by atoms with Gasteiger partial charge >= 0.3 is 164 Å². The number of benzene rings is 1. The molecule has 0 aliphatic carbocycles. The first-order chi connectivity index (χ1) is 11.6. The van der Waals surface area contributed by atoms with E-state index in [4.69, 9.17) is 4.74 Å². The second-order valence-corrected chi connectivity index (χ2v) is 8.33. The van der Waals surface area contributed by atoms with Crippen molar-refractivity contribution in [3.63, 3.8) is 0 Å². The van der Waals surface area contributed by atoms with Gasteiger partial charge < -0.3 is 0 Å². The molecule has 1 aliphatic rings. The number of ether oxygens (including phenoxy) is 1. The minimum atomic E-state index is -0.264.